The van der Waals surface area contributed by atoms with Gasteiger partial charge in [-0.15, -0.1) is 0 Å². The van der Waals surface area contributed by atoms with Crippen LogP contribution in [0.4, 0.5) is 5.82 Å². The van der Waals surface area contributed by atoms with Crippen LogP contribution >= 0.6 is 0 Å². The first-order valence-electron chi connectivity index (χ1n) is 10.6. The van der Waals surface area contributed by atoms with E-state index >= 15 is 0 Å². The summed E-state index contributed by atoms with van der Waals surface area (Å²) >= 11 is 0. The van der Waals surface area contributed by atoms with Gasteiger partial charge in [-0.25, -0.2) is 4.68 Å². The predicted octanol–water partition coefficient (Wildman–Crippen LogP) is 3.42. The number of hydrogen-bond acceptors (Lipinski definition) is 6. The molecule has 1 amide bonds. The Kier molecular flexibility index (Phi) is 5.63. The second-order valence-corrected chi connectivity index (χ2v) is 8.45. The highest BCUT2D eigenvalue weighted by Gasteiger charge is 2.24. The fraction of sp³-hybridized carbons (Fsp3) is 0.391. The van der Waals surface area contributed by atoms with Crippen LogP contribution in [0.5, 0.6) is 0 Å². The van der Waals surface area contributed by atoms with Crippen LogP contribution in [0.15, 0.2) is 34.9 Å². The van der Waals surface area contributed by atoms with E-state index < -0.39 is 5.91 Å². The molecule has 1 aliphatic rings. The number of Topliss-reactive ketones (excluding diaryl/α,β-unsaturated/α-hetero) is 1. The van der Waals surface area contributed by atoms with Crippen LogP contribution in [0.3, 0.4) is 0 Å². The molecule has 8 nitrogen and oxygen atoms in total. The summed E-state index contributed by atoms with van der Waals surface area (Å²) in [7, 11) is 0. The number of hydrogen-bond donors (Lipinski definition) is 2. The highest BCUT2D eigenvalue weighted by Crippen LogP contribution is 2.35. The molecule has 8 heteroatoms. The summed E-state index contributed by atoms with van der Waals surface area (Å²) in [5.74, 6) is 0.787. The Labute approximate surface area is 180 Å². The number of carbonyl (C=O) groups excluding carboxylic acids is 2. The number of carbonyl (C=O) groups is 2. The normalized spacial score (nSPS) is 14.0. The van der Waals surface area contributed by atoms with Crippen molar-refractivity contribution in [3.8, 4) is 11.3 Å². The molecule has 3 aromatic rings. The van der Waals surface area contributed by atoms with Gasteiger partial charge in [0.15, 0.2) is 0 Å². The number of nitrogens with zero attached hydrogens (tertiary/aromatic N) is 3. The lowest BCUT2D eigenvalue weighted by Crippen LogP contribution is -2.15. The Balaban J connectivity index is 1.46. The van der Waals surface area contributed by atoms with Crippen molar-refractivity contribution in [1.29, 1.82) is 0 Å². The van der Waals surface area contributed by atoms with E-state index in [2.05, 4.69) is 10.3 Å². The molecule has 1 aliphatic carbocycles. The van der Waals surface area contributed by atoms with Gasteiger partial charge in [-0.2, -0.15) is 5.10 Å². The molecule has 0 saturated heterocycles. The summed E-state index contributed by atoms with van der Waals surface area (Å²) in [6.45, 7) is 3.85. The molecule has 0 aliphatic heterocycles. The van der Waals surface area contributed by atoms with Gasteiger partial charge in [0.1, 0.15) is 28.6 Å². The lowest BCUT2D eigenvalue weighted by molar-refractivity contribution is -0.118. The zero-order chi connectivity index (χ0) is 22.1. The van der Waals surface area contributed by atoms with Crippen molar-refractivity contribution in [2.24, 2.45) is 5.73 Å². The number of aromatic nitrogens is 3. The molecule has 162 valence electrons. The Morgan fingerprint density at radius 1 is 1.19 bits per heavy atom. The van der Waals surface area contributed by atoms with Crippen LogP contribution in [0.25, 0.3) is 11.3 Å². The summed E-state index contributed by atoms with van der Waals surface area (Å²) in [6, 6.07) is 9.25. The lowest BCUT2D eigenvalue weighted by atomic mass is 9.83. The number of ketones is 1. The molecule has 2 aromatic heterocycles. The van der Waals surface area contributed by atoms with Gasteiger partial charge in [0, 0.05) is 30.0 Å². The molecule has 1 fully saturated rings. The monoisotopic (exact) mass is 421 g/mol. The van der Waals surface area contributed by atoms with E-state index in [-0.39, 0.29) is 36.0 Å². The molecule has 0 radical (unpaired) electrons. The van der Waals surface area contributed by atoms with Gasteiger partial charge in [-0.05, 0) is 32.3 Å². The van der Waals surface area contributed by atoms with E-state index in [1.54, 1.807) is 4.68 Å². The van der Waals surface area contributed by atoms with Crippen LogP contribution in [0.1, 0.15) is 72.4 Å². The zero-order valence-electron chi connectivity index (χ0n) is 17.8. The number of nitrogen functional groups attached to an aromatic ring is 1. The fourth-order valence-electron chi connectivity index (χ4n) is 3.86. The van der Waals surface area contributed by atoms with Gasteiger partial charge in [-0.1, -0.05) is 35.8 Å². The topological polar surface area (TPSA) is 130 Å². The van der Waals surface area contributed by atoms with Crippen LogP contribution in [0, 0.1) is 0 Å². The van der Waals surface area contributed by atoms with Gasteiger partial charge < -0.3 is 16.0 Å². The van der Waals surface area contributed by atoms with Gasteiger partial charge in [0.25, 0.3) is 5.91 Å². The molecule has 0 atom stereocenters. The smallest absolute Gasteiger partial charge is 0.254 e. The minimum absolute atomic E-state index is 0.00959. The second kappa shape index (κ2) is 8.37. The molecule has 0 spiro atoms. The Bertz CT molecular complexity index is 1110. The Morgan fingerprint density at radius 3 is 2.48 bits per heavy atom. The number of rotatable bonds is 8. The van der Waals surface area contributed by atoms with Crippen LogP contribution < -0.4 is 11.5 Å². The molecule has 4 rings (SSSR count). The number of anilines is 1. The Hall–Kier alpha value is -3.42. The average molecular weight is 422 g/mol. The maximum Gasteiger partial charge on any atom is 0.254 e. The largest absolute Gasteiger partial charge is 0.383 e. The highest BCUT2D eigenvalue weighted by atomic mass is 16.5. The highest BCUT2D eigenvalue weighted by molar-refractivity contribution is 6.03. The first-order chi connectivity index (χ1) is 14.8. The van der Waals surface area contributed by atoms with Gasteiger partial charge in [-0.3, -0.25) is 9.59 Å². The minimum atomic E-state index is -0.619. The summed E-state index contributed by atoms with van der Waals surface area (Å²) in [4.78, 5) is 24.4. The van der Waals surface area contributed by atoms with Crippen molar-refractivity contribution in [3.63, 3.8) is 0 Å². The van der Waals surface area contributed by atoms with Crippen molar-refractivity contribution in [2.45, 2.75) is 57.9 Å². The third-order valence-corrected chi connectivity index (χ3v) is 5.78. The number of nitrogens with two attached hydrogens (primary N) is 2. The standard InChI is InChI=1S/C23H27N5O3/c1-13(2)28-22(24)20(23(25)30)21(26-28)16-8-6-14(7-9-16)10-17(29)11-18-12-19(27-31-18)15-4-3-5-15/h6-9,12-13,15H,3-5,10-11,24H2,1-2H3,(H2,25,30). The molecule has 31 heavy (non-hydrogen) atoms. The molecular formula is C23H27N5O3. The van der Waals surface area contributed by atoms with Crippen LogP contribution in [-0.2, 0) is 17.6 Å². The maximum atomic E-state index is 12.5. The quantitative estimate of drug-likeness (QED) is 0.573. The van der Waals surface area contributed by atoms with E-state index in [1.165, 1.54) is 6.42 Å². The molecule has 2 heterocycles. The third-order valence-electron chi connectivity index (χ3n) is 5.78. The Morgan fingerprint density at radius 2 is 1.90 bits per heavy atom. The van der Waals surface area contributed by atoms with E-state index in [4.69, 9.17) is 16.0 Å². The molecule has 0 bridgehead atoms. The van der Waals surface area contributed by atoms with Gasteiger partial charge >= 0.3 is 0 Å². The molecular weight excluding hydrogens is 394 g/mol. The van der Waals surface area contributed by atoms with Crippen molar-refractivity contribution >= 4 is 17.5 Å². The molecule has 1 saturated carbocycles. The van der Waals surface area contributed by atoms with Crippen molar-refractivity contribution in [3.05, 3.63) is 52.9 Å². The molecule has 0 unspecified atom stereocenters. The van der Waals surface area contributed by atoms with Gasteiger partial charge in [0.05, 0.1) is 12.1 Å². The van der Waals surface area contributed by atoms with Crippen LogP contribution in [-0.4, -0.2) is 26.6 Å². The van der Waals surface area contributed by atoms with Crippen LogP contribution in [0.2, 0.25) is 0 Å². The minimum Gasteiger partial charge on any atom is -0.383 e. The SMILES string of the molecule is CC(C)n1nc(-c2ccc(CC(=O)Cc3cc(C4CCC4)no3)cc2)c(C(N)=O)c1N. The summed E-state index contributed by atoms with van der Waals surface area (Å²) in [5.41, 5.74) is 14.8. The maximum absolute atomic E-state index is 12.5. The zero-order valence-corrected chi connectivity index (χ0v) is 17.8. The van der Waals surface area contributed by atoms with Crippen molar-refractivity contribution < 1.29 is 14.1 Å². The first-order valence-corrected chi connectivity index (χ1v) is 10.6. The van der Waals surface area contributed by atoms with E-state index in [0.717, 1.165) is 29.7 Å². The van der Waals surface area contributed by atoms with Crippen molar-refractivity contribution in [2.75, 3.05) is 5.73 Å². The second-order valence-electron chi connectivity index (χ2n) is 8.45. The first kappa shape index (κ1) is 20.8. The third kappa shape index (κ3) is 4.23. The summed E-state index contributed by atoms with van der Waals surface area (Å²) in [5, 5.41) is 8.58. The molecule has 4 N–H and O–H groups in total. The summed E-state index contributed by atoms with van der Waals surface area (Å²) < 4.78 is 6.92. The van der Waals surface area contributed by atoms with Gasteiger partial charge in [0.2, 0.25) is 0 Å². The summed E-state index contributed by atoms with van der Waals surface area (Å²) in [6.07, 6.45) is 4.02. The average Bonchev–Trinajstić information content (AvgIpc) is 3.25. The lowest BCUT2D eigenvalue weighted by Gasteiger charge is -2.22. The van der Waals surface area contributed by atoms with E-state index in [1.807, 2.05) is 44.2 Å². The number of benzene rings is 1. The fourth-order valence-corrected chi connectivity index (χ4v) is 3.86. The predicted molar refractivity (Wildman–Crippen MR) is 116 cm³/mol. The van der Waals surface area contributed by atoms with Crippen molar-refractivity contribution in [1.82, 2.24) is 14.9 Å². The van der Waals surface area contributed by atoms with E-state index in [9.17, 15) is 9.59 Å². The molecule has 1 aromatic carbocycles. The van der Waals surface area contributed by atoms with E-state index in [0.29, 0.717) is 17.4 Å². The number of amides is 1. The number of primary amides is 1.